The third-order valence-electron chi connectivity index (χ3n) is 1.63. The fourth-order valence-electron chi connectivity index (χ4n) is 1.06. The Balaban J connectivity index is 2.62. The molecule has 0 amide bonds. The molecule has 0 aliphatic heterocycles. The zero-order valence-electron chi connectivity index (χ0n) is 7.08. The summed E-state index contributed by atoms with van der Waals surface area (Å²) < 4.78 is -0.00313. The lowest BCUT2D eigenvalue weighted by Gasteiger charge is -2.08. The van der Waals surface area contributed by atoms with Gasteiger partial charge in [0.25, 0.3) is 0 Å². The van der Waals surface area contributed by atoms with Crippen LogP contribution in [0.25, 0.3) is 5.65 Å². The molecule has 2 heterocycles. The van der Waals surface area contributed by atoms with Crippen LogP contribution >= 0.6 is 34.8 Å². The van der Waals surface area contributed by atoms with Crippen molar-refractivity contribution in [2.75, 3.05) is 0 Å². The Morgan fingerprint density at radius 2 is 2.07 bits per heavy atom. The molecule has 0 saturated heterocycles. The van der Waals surface area contributed by atoms with E-state index in [1.54, 1.807) is 13.0 Å². The van der Waals surface area contributed by atoms with Crippen LogP contribution < -0.4 is 0 Å². The Morgan fingerprint density at radius 3 is 2.71 bits per heavy atom. The minimum absolute atomic E-state index is 0.336. The molecule has 2 rings (SSSR count). The van der Waals surface area contributed by atoms with Crippen LogP contribution in [0.1, 0.15) is 11.5 Å². The van der Waals surface area contributed by atoms with Crippen molar-refractivity contribution in [3.63, 3.8) is 0 Å². The molecule has 4 nitrogen and oxygen atoms in total. The summed E-state index contributed by atoms with van der Waals surface area (Å²) in [4.78, 5) is 8.08. The van der Waals surface area contributed by atoms with Gasteiger partial charge in [-0.1, -0.05) is 34.8 Å². The lowest BCUT2D eigenvalue weighted by Crippen LogP contribution is -2.05. The second-order valence-corrected chi connectivity index (χ2v) is 5.01. The summed E-state index contributed by atoms with van der Waals surface area (Å²) in [5.41, 5.74) is 0.946. The summed E-state index contributed by atoms with van der Waals surface area (Å²) in [6.07, 6.45) is 1.46. The number of hydrogen-bond donors (Lipinski definition) is 0. The molecular formula is C7H5Cl3N4. The maximum absolute atomic E-state index is 5.68. The summed E-state index contributed by atoms with van der Waals surface area (Å²) in [5.74, 6) is 0.647. The van der Waals surface area contributed by atoms with E-state index in [0.717, 1.165) is 0 Å². The second kappa shape index (κ2) is 3.22. The molecule has 0 N–H and O–H groups in total. The minimum atomic E-state index is -1.53. The molecule has 0 atom stereocenters. The van der Waals surface area contributed by atoms with Crippen molar-refractivity contribution < 1.29 is 0 Å². The van der Waals surface area contributed by atoms with Crippen LogP contribution in [0, 0.1) is 6.92 Å². The van der Waals surface area contributed by atoms with Gasteiger partial charge in [0.1, 0.15) is 12.2 Å². The van der Waals surface area contributed by atoms with Crippen molar-refractivity contribution in [2.24, 2.45) is 0 Å². The first-order valence-corrected chi connectivity index (χ1v) is 4.86. The topological polar surface area (TPSA) is 43.1 Å². The van der Waals surface area contributed by atoms with E-state index in [-0.39, 0.29) is 0 Å². The van der Waals surface area contributed by atoms with E-state index >= 15 is 0 Å². The van der Waals surface area contributed by atoms with Gasteiger partial charge in [-0.05, 0) is 6.92 Å². The predicted molar refractivity (Wildman–Crippen MR) is 54.8 cm³/mol. The van der Waals surface area contributed by atoms with E-state index in [9.17, 15) is 0 Å². The van der Waals surface area contributed by atoms with Crippen LogP contribution in [-0.2, 0) is 3.79 Å². The Kier molecular flexibility index (Phi) is 2.29. The first kappa shape index (κ1) is 9.96. The zero-order chi connectivity index (χ0) is 10.3. The van der Waals surface area contributed by atoms with Gasteiger partial charge >= 0.3 is 0 Å². The fraction of sp³-hybridized carbons (Fsp3) is 0.286. The Labute approximate surface area is 94.8 Å². The van der Waals surface area contributed by atoms with Gasteiger partial charge < -0.3 is 0 Å². The van der Waals surface area contributed by atoms with E-state index in [1.165, 1.54) is 10.8 Å². The average molecular weight is 252 g/mol. The van der Waals surface area contributed by atoms with Crippen molar-refractivity contribution in [1.82, 2.24) is 19.6 Å². The third-order valence-corrected chi connectivity index (χ3v) is 2.21. The van der Waals surface area contributed by atoms with E-state index in [0.29, 0.717) is 17.2 Å². The number of aryl methyl sites for hydroxylation is 1. The highest BCUT2D eigenvalue weighted by atomic mass is 35.6. The van der Waals surface area contributed by atoms with Crippen LogP contribution in [0.2, 0.25) is 0 Å². The molecule has 0 unspecified atom stereocenters. The summed E-state index contributed by atoms with van der Waals surface area (Å²) in [6, 6.07) is 1.59. The summed E-state index contributed by atoms with van der Waals surface area (Å²) in [6.45, 7) is 1.78. The normalized spacial score (nSPS) is 12.3. The fourth-order valence-corrected chi connectivity index (χ4v) is 1.37. The molecule has 0 fully saturated rings. The average Bonchev–Trinajstić information content (AvgIpc) is 2.41. The Hall–Kier alpha value is -0.580. The molecule has 0 bridgehead atoms. The third kappa shape index (κ3) is 1.78. The zero-order valence-corrected chi connectivity index (χ0v) is 9.35. The maximum atomic E-state index is 5.68. The summed E-state index contributed by atoms with van der Waals surface area (Å²) >= 11 is 17.0. The van der Waals surface area contributed by atoms with Crippen molar-refractivity contribution in [3.8, 4) is 0 Å². The maximum Gasteiger partial charge on any atom is 0.232 e. The minimum Gasteiger partial charge on any atom is -0.237 e. The number of rotatable bonds is 0. The quantitative estimate of drug-likeness (QED) is 0.675. The molecule has 74 valence electrons. The van der Waals surface area contributed by atoms with Crippen molar-refractivity contribution >= 4 is 40.4 Å². The standard InChI is InChI=1S/C7H5Cl3N4/c1-4-12-6-2-5(7(8,9)10)11-3-14(6)13-4/h2-3H,1H3. The number of halogens is 3. The smallest absolute Gasteiger partial charge is 0.232 e. The largest absolute Gasteiger partial charge is 0.237 e. The lowest BCUT2D eigenvalue weighted by atomic mass is 10.4. The molecule has 14 heavy (non-hydrogen) atoms. The van der Waals surface area contributed by atoms with Gasteiger partial charge in [0.15, 0.2) is 5.65 Å². The monoisotopic (exact) mass is 250 g/mol. The van der Waals surface area contributed by atoms with E-state index in [4.69, 9.17) is 34.8 Å². The summed E-state index contributed by atoms with van der Waals surface area (Å²) in [7, 11) is 0. The highest BCUT2D eigenvalue weighted by Crippen LogP contribution is 2.36. The molecule has 2 aromatic heterocycles. The van der Waals surface area contributed by atoms with Crippen molar-refractivity contribution in [3.05, 3.63) is 23.9 Å². The number of aromatic nitrogens is 4. The molecule has 0 aliphatic rings. The SMILES string of the molecule is Cc1nc2cc(C(Cl)(Cl)Cl)ncn2n1. The van der Waals surface area contributed by atoms with Gasteiger partial charge in [-0.3, -0.25) is 0 Å². The molecule has 0 saturated carbocycles. The predicted octanol–water partition coefficient (Wildman–Crippen LogP) is 2.26. The molecule has 0 spiro atoms. The second-order valence-electron chi connectivity index (χ2n) is 2.73. The van der Waals surface area contributed by atoms with Gasteiger partial charge in [-0.15, -0.1) is 0 Å². The summed E-state index contributed by atoms with van der Waals surface area (Å²) in [5, 5.41) is 4.05. The Morgan fingerprint density at radius 1 is 1.36 bits per heavy atom. The van der Waals surface area contributed by atoms with E-state index in [2.05, 4.69) is 15.1 Å². The Bertz CT molecular complexity index is 473. The van der Waals surface area contributed by atoms with E-state index in [1.807, 2.05) is 0 Å². The highest BCUT2D eigenvalue weighted by molar-refractivity contribution is 6.66. The first-order chi connectivity index (χ1) is 6.47. The number of fused-ring (bicyclic) bond motifs is 1. The van der Waals surface area contributed by atoms with Gasteiger partial charge in [0.2, 0.25) is 3.79 Å². The van der Waals surface area contributed by atoms with Crippen LogP contribution in [0.3, 0.4) is 0 Å². The number of alkyl halides is 3. The number of nitrogens with zero attached hydrogens (tertiary/aromatic N) is 4. The highest BCUT2D eigenvalue weighted by Gasteiger charge is 2.25. The van der Waals surface area contributed by atoms with Crippen LogP contribution in [0.15, 0.2) is 12.4 Å². The molecule has 7 heteroatoms. The van der Waals surface area contributed by atoms with Gasteiger partial charge in [-0.2, -0.15) is 5.10 Å². The van der Waals surface area contributed by atoms with Crippen molar-refractivity contribution in [2.45, 2.75) is 10.7 Å². The van der Waals surface area contributed by atoms with E-state index < -0.39 is 3.79 Å². The van der Waals surface area contributed by atoms with Crippen LogP contribution in [0.4, 0.5) is 0 Å². The number of hydrogen-bond acceptors (Lipinski definition) is 3. The van der Waals surface area contributed by atoms with Gasteiger partial charge in [0.05, 0.1) is 5.69 Å². The molecule has 0 aromatic carbocycles. The van der Waals surface area contributed by atoms with Crippen molar-refractivity contribution in [1.29, 1.82) is 0 Å². The molecule has 2 aromatic rings. The first-order valence-electron chi connectivity index (χ1n) is 3.73. The molecular weight excluding hydrogens is 246 g/mol. The van der Waals surface area contributed by atoms with Crippen LogP contribution in [0.5, 0.6) is 0 Å². The lowest BCUT2D eigenvalue weighted by molar-refractivity contribution is 0.880. The van der Waals surface area contributed by atoms with Crippen LogP contribution in [-0.4, -0.2) is 19.6 Å². The van der Waals surface area contributed by atoms with Gasteiger partial charge in [-0.25, -0.2) is 14.5 Å². The molecule has 0 aliphatic carbocycles. The van der Waals surface area contributed by atoms with Gasteiger partial charge in [0, 0.05) is 6.07 Å². The molecule has 0 radical (unpaired) electrons.